The van der Waals surface area contributed by atoms with E-state index in [1.54, 1.807) is 18.6 Å². The van der Waals surface area contributed by atoms with E-state index in [0.717, 1.165) is 29.1 Å². The van der Waals surface area contributed by atoms with Crippen LogP contribution in [0.25, 0.3) is 11.6 Å². The van der Waals surface area contributed by atoms with Gasteiger partial charge in [0.2, 0.25) is 0 Å². The first-order valence-electron chi connectivity index (χ1n) is 8.16. The van der Waals surface area contributed by atoms with E-state index in [4.69, 9.17) is 4.52 Å². The average Bonchev–Trinajstić information content (AvgIpc) is 3.31. The lowest BCUT2D eigenvalue weighted by Crippen LogP contribution is -2.39. The largest absolute Gasteiger partial charge is 0.337 e. The van der Waals surface area contributed by atoms with Crippen molar-refractivity contribution in [2.45, 2.75) is 25.7 Å². The number of aromatic nitrogens is 4. The lowest BCUT2D eigenvalue weighted by molar-refractivity contribution is 0.0708. The highest BCUT2D eigenvalue weighted by molar-refractivity contribution is 7.13. The Kier molecular flexibility index (Phi) is 4.27. The molecular formula is C17H17N5O2S. The summed E-state index contributed by atoms with van der Waals surface area (Å²) in [5.74, 6) is 1.15. The molecule has 0 unspecified atom stereocenters. The molecule has 4 heterocycles. The van der Waals surface area contributed by atoms with Crippen molar-refractivity contribution in [1.29, 1.82) is 0 Å². The highest BCUT2D eigenvalue weighted by Gasteiger charge is 2.29. The SMILES string of the molecule is Cc1ccc(C(=O)N2CCC[C@H](c3noc(-c4cnccn4)n3)C2)s1. The molecule has 0 spiro atoms. The van der Waals surface area contributed by atoms with Crippen LogP contribution in [0.4, 0.5) is 0 Å². The summed E-state index contributed by atoms with van der Waals surface area (Å²) in [6.45, 7) is 3.38. The Morgan fingerprint density at radius 1 is 1.36 bits per heavy atom. The molecule has 0 aliphatic carbocycles. The summed E-state index contributed by atoms with van der Waals surface area (Å²) in [5, 5.41) is 4.10. The van der Waals surface area contributed by atoms with Gasteiger partial charge in [0.1, 0.15) is 5.69 Å². The predicted molar refractivity (Wildman–Crippen MR) is 92.3 cm³/mol. The molecular weight excluding hydrogens is 338 g/mol. The molecule has 0 saturated carbocycles. The number of nitrogens with zero attached hydrogens (tertiary/aromatic N) is 5. The van der Waals surface area contributed by atoms with Gasteiger partial charge in [-0.1, -0.05) is 5.16 Å². The van der Waals surface area contributed by atoms with Gasteiger partial charge >= 0.3 is 0 Å². The van der Waals surface area contributed by atoms with E-state index < -0.39 is 0 Å². The average molecular weight is 355 g/mol. The lowest BCUT2D eigenvalue weighted by Gasteiger charge is -2.30. The van der Waals surface area contributed by atoms with Crippen LogP contribution in [-0.2, 0) is 0 Å². The van der Waals surface area contributed by atoms with E-state index in [9.17, 15) is 4.79 Å². The fourth-order valence-corrected chi connectivity index (χ4v) is 3.83. The summed E-state index contributed by atoms with van der Waals surface area (Å²) in [4.78, 5) is 29.1. The fraction of sp³-hybridized carbons (Fsp3) is 0.353. The number of amides is 1. The number of hydrogen-bond acceptors (Lipinski definition) is 7. The molecule has 1 aliphatic rings. The Hall–Kier alpha value is -2.61. The standard InChI is InChI=1S/C17H17N5O2S/c1-11-4-5-14(25-11)17(23)22-8-2-3-12(10-22)15-20-16(24-21-15)13-9-18-6-7-19-13/h4-7,9,12H,2-3,8,10H2,1H3/t12-/m0/s1. The molecule has 1 fully saturated rings. The molecule has 1 amide bonds. The van der Waals surface area contributed by atoms with Crippen LogP contribution in [0.2, 0.25) is 0 Å². The third kappa shape index (κ3) is 3.30. The van der Waals surface area contributed by atoms with Crippen molar-refractivity contribution in [1.82, 2.24) is 25.0 Å². The molecule has 8 heteroatoms. The first kappa shape index (κ1) is 15.9. The number of piperidine rings is 1. The zero-order chi connectivity index (χ0) is 17.2. The maximum Gasteiger partial charge on any atom is 0.278 e. The summed E-state index contributed by atoms with van der Waals surface area (Å²) in [5.41, 5.74) is 0.555. The fourth-order valence-electron chi connectivity index (χ4n) is 2.99. The number of rotatable bonds is 3. The quantitative estimate of drug-likeness (QED) is 0.718. The number of hydrogen-bond donors (Lipinski definition) is 0. The van der Waals surface area contributed by atoms with Crippen LogP contribution in [0.1, 0.15) is 39.1 Å². The van der Waals surface area contributed by atoms with Crippen molar-refractivity contribution in [2.24, 2.45) is 0 Å². The number of carbonyl (C=O) groups excluding carboxylic acids is 1. The minimum Gasteiger partial charge on any atom is -0.337 e. The van der Waals surface area contributed by atoms with Crippen LogP contribution in [0.5, 0.6) is 0 Å². The van der Waals surface area contributed by atoms with Gasteiger partial charge in [0.25, 0.3) is 11.8 Å². The maximum atomic E-state index is 12.7. The highest BCUT2D eigenvalue weighted by Crippen LogP contribution is 2.28. The molecule has 0 N–H and O–H groups in total. The maximum absolute atomic E-state index is 12.7. The number of likely N-dealkylation sites (tertiary alicyclic amines) is 1. The van der Waals surface area contributed by atoms with Crippen LogP contribution < -0.4 is 0 Å². The van der Waals surface area contributed by atoms with Gasteiger partial charge in [-0.2, -0.15) is 4.98 Å². The minimum absolute atomic E-state index is 0.0768. The summed E-state index contributed by atoms with van der Waals surface area (Å²) in [6, 6.07) is 3.87. The van der Waals surface area contributed by atoms with E-state index in [0.29, 0.717) is 24.0 Å². The van der Waals surface area contributed by atoms with Gasteiger partial charge in [-0.05, 0) is 31.9 Å². The second-order valence-corrected chi connectivity index (χ2v) is 7.34. The summed E-state index contributed by atoms with van der Waals surface area (Å²) >= 11 is 1.53. The van der Waals surface area contributed by atoms with Crippen molar-refractivity contribution in [3.8, 4) is 11.6 Å². The van der Waals surface area contributed by atoms with Crippen molar-refractivity contribution in [2.75, 3.05) is 13.1 Å². The Bertz CT molecular complexity index is 876. The molecule has 3 aromatic heterocycles. The van der Waals surface area contributed by atoms with Gasteiger partial charge in [0.15, 0.2) is 5.82 Å². The molecule has 4 rings (SSSR count). The van der Waals surface area contributed by atoms with E-state index in [2.05, 4.69) is 20.1 Å². The lowest BCUT2D eigenvalue weighted by atomic mass is 9.97. The third-order valence-electron chi connectivity index (χ3n) is 4.25. The smallest absolute Gasteiger partial charge is 0.278 e. The Morgan fingerprint density at radius 2 is 2.28 bits per heavy atom. The predicted octanol–water partition coefficient (Wildman–Crippen LogP) is 2.92. The van der Waals surface area contributed by atoms with Crippen LogP contribution in [0, 0.1) is 6.92 Å². The number of carbonyl (C=O) groups is 1. The molecule has 3 aromatic rings. The molecule has 1 atom stereocenters. The summed E-state index contributed by atoms with van der Waals surface area (Å²) in [6.07, 6.45) is 6.64. The second kappa shape index (κ2) is 6.72. The van der Waals surface area contributed by atoms with Crippen LogP contribution in [-0.4, -0.2) is 44.0 Å². The van der Waals surface area contributed by atoms with E-state index in [1.807, 2.05) is 24.0 Å². The first-order chi connectivity index (χ1) is 12.2. The van der Waals surface area contributed by atoms with Crippen LogP contribution in [0.15, 0.2) is 35.2 Å². The van der Waals surface area contributed by atoms with Gasteiger partial charge in [-0.15, -0.1) is 11.3 Å². The third-order valence-corrected chi connectivity index (χ3v) is 5.24. The molecule has 1 saturated heterocycles. The molecule has 25 heavy (non-hydrogen) atoms. The highest BCUT2D eigenvalue weighted by atomic mass is 32.1. The van der Waals surface area contributed by atoms with E-state index in [1.165, 1.54) is 11.3 Å². The molecule has 128 valence electrons. The molecule has 0 radical (unpaired) electrons. The number of thiophene rings is 1. The first-order valence-corrected chi connectivity index (χ1v) is 8.98. The Labute approximate surface area is 148 Å². The molecule has 0 bridgehead atoms. The van der Waals surface area contributed by atoms with Gasteiger partial charge in [0, 0.05) is 36.3 Å². The van der Waals surface area contributed by atoms with Gasteiger partial charge < -0.3 is 9.42 Å². The molecule has 7 nitrogen and oxygen atoms in total. The second-order valence-electron chi connectivity index (χ2n) is 6.05. The van der Waals surface area contributed by atoms with Crippen molar-refractivity contribution in [3.63, 3.8) is 0 Å². The molecule has 1 aliphatic heterocycles. The van der Waals surface area contributed by atoms with Crippen LogP contribution >= 0.6 is 11.3 Å². The van der Waals surface area contributed by atoms with Gasteiger partial charge in [-0.25, -0.2) is 4.98 Å². The van der Waals surface area contributed by atoms with Crippen molar-refractivity contribution in [3.05, 3.63) is 46.3 Å². The number of aryl methyl sites for hydroxylation is 1. The summed E-state index contributed by atoms with van der Waals surface area (Å²) < 4.78 is 5.32. The van der Waals surface area contributed by atoms with E-state index >= 15 is 0 Å². The zero-order valence-electron chi connectivity index (χ0n) is 13.8. The Balaban J connectivity index is 1.50. The Morgan fingerprint density at radius 3 is 3.04 bits per heavy atom. The monoisotopic (exact) mass is 355 g/mol. The zero-order valence-corrected chi connectivity index (χ0v) is 14.6. The topological polar surface area (TPSA) is 85.0 Å². The van der Waals surface area contributed by atoms with Gasteiger partial charge in [-0.3, -0.25) is 9.78 Å². The van der Waals surface area contributed by atoms with Crippen molar-refractivity contribution >= 4 is 17.2 Å². The van der Waals surface area contributed by atoms with Crippen molar-refractivity contribution < 1.29 is 9.32 Å². The van der Waals surface area contributed by atoms with Gasteiger partial charge in [0.05, 0.1) is 11.1 Å². The van der Waals surface area contributed by atoms with E-state index in [-0.39, 0.29) is 11.8 Å². The molecule has 0 aromatic carbocycles. The summed E-state index contributed by atoms with van der Waals surface area (Å²) in [7, 11) is 0. The normalized spacial score (nSPS) is 17.6. The van der Waals surface area contributed by atoms with Crippen LogP contribution in [0.3, 0.4) is 0 Å². The minimum atomic E-state index is 0.0768.